The molecule has 0 bridgehead atoms. The van der Waals surface area contributed by atoms with E-state index in [0.29, 0.717) is 26.0 Å². The van der Waals surface area contributed by atoms with Crippen LogP contribution in [0.2, 0.25) is 0 Å². The van der Waals surface area contributed by atoms with Crippen molar-refractivity contribution < 1.29 is 24.2 Å². The van der Waals surface area contributed by atoms with Gasteiger partial charge in [-0.15, -0.1) is 0 Å². The van der Waals surface area contributed by atoms with Crippen molar-refractivity contribution in [2.75, 3.05) is 19.8 Å². The Morgan fingerprint density at radius 1 is 1.50 bits per heavy atom. The summed E-state index contributed by atoms with van der Waals surface area (Å²) in [6.07, 6.45) is 0.700. The summed E-state index contributed by atoms with van der Waals surface area (Å²) in [5, 5.41) is 11.4. The Morgan fingerprint density at radius 2 is 2.28 bits per heavy atom. The van der Waals surface area contributed by atoms with E-state index in [1.54, 1.807) is 0 Å². The Hall–Kier alpha value is -1.63. The largest absolute Gasteiger partial charge is 0.481 e. The van der Waals surface area contributed by atoms with Gasteiger partial charge in [-0.25, -0.2) is 0 Å². The van der Waals surface area contributed by atoms with E-state index in [0.717, 1.165) is 0 Å². The number of carboxylic acid groups (broad SMARTS) is 1. The summed E-state index contributed by atoms with van der Waals surface area (Å²) in [5.41, 5.74) is 0. The van der Waals surface area contributed by atoms with E-state index >= 15 is 0 Å². The van der Waals surface area contributed by atoms with Gasteiger partial charge in [0.1, 0.15) is 6.04 Å². The van der Waals surface area contributed by atoms with Crippen molar-refractivity contribution in [1.82, 2.24) is 10.2 Å². The number of rotatable bonds is 3. The molecule has 2 N–H and O–H groups in total. The van der Waals surface area contributed by atoms with Crippen LogP contribution < -0.4 is 5.32 Å². The first-order valence-electron chi connectivity index (χ1n) is 5.97. The van der Waals surface area contributed by atoms with Crippen LogP contribution >= 0.6 is 0 Å². The van der Waals surface area contributed by atoms with Crippen LogP contribution in [0.5, 0.6) is 0 Å². The number of nitrogens with one attached hydrogen (secondary N) is 1. The van der Waals surface area contributed by atoms with Gasteiger partial charge >= 0.3 is 5.97 Å². The molecule has 2 atom stereocenters. The van der Waals surface area contributed by atoms with Crippen LogP contribution in [-0.4, -0.2) is 59.6 Å². The number of carbonyl (C=O) groups is 3. The van der Waals surface area contributed by atoms with Crippen molar-refractivity contribution in [3.63, 3.8) is 0 Å². The van der Waals surface area contributed by atoms with Crippen molar-refractivity contribution in [2.45, 2.75) is 31.3 Å². The third-order valence-corrected chi connectivity index (χ3v) is 3.21. The van der Waals surface area contributed by atoms with E-state index in [2.05, 4.69) is 5.32 Å². The van der Waals surface area contributed by atoms with Gasteiger partial charge in [-0.2, -0.15) is 0 Å². The average Bonchev–Trinajstić information content (AvgIpc) is 2.75. The molecule has 7 nitrogen and oxygen atoms in total. The first-order valence-corrected chi connectivity index (χ1v) is 5.97. The summed E-state index contributed by atoms with van der Waals surface area (Å²) in [6, 6.07) is -0.951. The van der Waals surface area contributed by atoms with Crippen LogP contribution in [0.4, 0.5) is 0 Å². The Labute approximate surface area is 104 Å². The molecular formula is C11H16N2O5. The fourth-order valence-electron chi connectivity index (χ4n) is 2.32. The third kappa shape index (κ3) is 2.79. The smallest absolute Gasteiger partial charge is 0.305 e. The number of hydrogen-bond donors (Lipinski definition) is 2. The molecule has 18 heavy (non-hydrogen) atoms. The molecule has 0 aromatic carbocycles. The minimum absolute atomic E-state index is 0.128. The highest BCUT2D eigenvalue weighted by Gasteiger charge is 2.36. The maximum atomic E-state index is 12.2. The fraction of sp³-hybridized carbons (Fsp3) is 0.727. The molecule has 100 valence electrons. The maximum absolute atomic E-state index is 12.2. The lowest BCUT2D eigenvalue weighted by Crippen LogP contribution is -2.54. The summed E-state index contributed by atoms with van der Waals surface area (Å²) in [4.78, 5) is 35.6. The molecule has 0 spiro atoms. The van der Waals surface area contributed by atoms with Gasteiger partial charge in [-0.05, 0) is 6.42 Å². The van der Waals surface area contributed by atoms with Crippen LogP contribution in [0, 0.1) is 0 Å². The lowest BCUT2D eigenvalue weighted by atomic mass is 10.1. The summed E-state index contributed by atoms with van der Waals surface area (Å²) in [6.45, 7) is 1.02. The third-order valence-electron chi connectivity index (χ3n) is 3.21. The number of morpholine rings is 1. The van der Waals surface area contributed by atoms with Gasteiger partial charge in [0.25, 0.3) is 0 Å². The molecular weight excluding hydrogens is 240 g/mol. The number of amides is 2. The topological polar surface area (TPSA) is 95.9 Å². The predicted molar refractivity (Wildman–Crippen MR) is 59.7 cm³/mol. The standard InChI is InChI=1S/C11H16N2O5/c14-9-2-1-8(12-9)11(17)13-3-4-18-6-7(13)5-10(15)16/h7-8H,1-6H2,(H,12,14)(H,15,16)/t7?,8-/m0/s1. The molecule has 0 aromatic rings. The minimum Gasteiger partial charge on any atom is -0.481 e. The second kappa shape index (κ2) is 5.34. The molecule has 2 rings (SSSR count). The Kier molecular flexibility index (Phi) is 3.81. The summed E-state index contributed by atoms with van der Waals surface area (Å²) >= 11 is 0. The van der Waals surface area contributed by atoms with Gasteiger partial charge in [-0.3, -0.25) is 14.4 Å². The van der Waals surface area contributed by atoms with Crippen molar-refractivity contribution in [3.05, 3.63) is 0 Å². The monoisotopic (exact) mass is 256 g/mol. The Bertz CT molecular complexity index is 370. The molecule has 2 saturated heterocycles. The molecule has 0 radical (unpaired) electrons. The van der Waals surface area contributed by atoms with Crippen LogP contribution in [-0.2, 0) is 19.1 Å². The van der Waals surface area contributed by atoms with Crippen LogP contribution in [0.15, 0.2) is 0 Å². The molecule has 2 amide bonds. The molecule has 2 heterocycles. The lowest BCUT2D eigenvalue weighted by Gasteiger charge is -2.36. The van der Waals surface area contributed by atoms with Crippen molar-refractivity contribution in [3.8, 4) is 0 Å². The number of ether oxygens (including phenoxy) is 1. The molecule has 2 aliphatic rings. The van der Waals surface area contributed by atoms with Gasteiger partial charge in [0.05, 0.1) is 25.7 Å². The van der Waals surface area contributed by atoms with Crippen molar-refractivity contribution >= 4 is 17.8 Å². The Morgan fingerprint density at radius 3 is 2.89 bits per heavy atom. The van der Waals surface area contributed by atoms with Gasteiger partial charge in [-0.1, -0.05) is 0 Å². The molecule has 0 saturated carbocycles. The zero-order valence-electron chi connectivity index (χ0n) is 9.92. The predicted octanol–water partition coefficient (Wildman–Crippen LogP) is -1.03. The van der Waals surface area contributed by atoms with Crippen molar-refractivity contribution in [2.24, 2.45) is 0 Å². The highest BCUT2D eigenvalue weighted by molar-refractivity contribution is 5.91. The van der Waals surface area contributed by atoms with E-state index in [1.807, 2.05) is 0 Å². The Balaban J connectivity index is 2.01. The van der Waals surface area contributed by atoms with E-state index < -0.39 is 18.1 Å². The molecule has 2 fully saturated rings. The maximum Gasteiger partial charge on any atom is 0.305 e. The highest BCUT2D eigenvalue weighted by Crippen LogP contribution is 2.16. The normalized spacial score (nSPS) is 28.0. The van der Waals surface area contributed by atoms with Gasteiger partial charge in [0.15, 0.2) is 0 Å². The second-order valence-corrected chi connectivity index (χ2v) is 4.52. The number of hydrogen-bond acceptors (Lipinski definition) is 4. The van der Waals surface area contributed by atoms with E-state index in [4.69, 9.17) is 9.84 Å². The van der Waals surface area contributed by atoms with Gasteiger partial charge in [0, 0.05) is 13.0 Å². The van der Waals surface area contributed by atoms with E-state index in [9.17, 15) is 14.4 Å². The average molecular weight is 256 g/mol. The van der Waals surface area contributed by atoms with Crippen LogP contribution in [0.25, 0.3) is 0 Å². The molecule has 7 heteroatoms. The fourth-order valence-corrected chi connectivity index (χ4v) is 2.32. The lowest BCUT2D eigenvalue weighted by molar-refractivity contribution is -0.148. The second-order valence-electron chi connectivity index (χ2n) is 4.52. The zero-order valence-corrected chi connectivity index (χ0v) is 9.92. The summed E-state index contributed by atoms with van der Waals surface area (Å²) in [7, 11) is 0. The SMILES string of the molecule is O=C(O)CC1COCCN1C(=O)[C@@H]1CCC(=O)N1. The molecule has 0 aromatic heterocycles. The summed E-state index contributed by atoms with van der Waals surface area (Å²) < 4.78 is 5.20. The quantitative estimate of drug-likeness (QED) is 0.673. The first kappa shape index (κ1) is 12.8. The van der Waals surface area contributed by atoms with Gasteiger partial charge in [0.2, 0.25) is 11.8 Å². The number of nitrogens with zero attached hydrogens (tertiary/aromatic N) is 1. The van der Waals surface area contributed by atoms with Crippen LogP contribution in [0.1, 0.15) is 19.3 Å². The number of aliphatic carboxylic acids is 1. The molecule has 1 unspecified atom stereocenters. The van der Waals surface area contributed by atoms with Gasteiger partial charge < -0.3 is 20.1 Å². The number of carboxylic acids is 1. The first-order chi connectivity index (χ1) is 8.58. The highest BCUT2D eigenvalue weighted by atomic mass is 16.5. The van der Waals surface area contributed by atoms with E-state index in [1.165, 1.54) is 4.90 Å². The molecule has 2 aliphatic heterocycles. The zero-order chi connectivity index (χ0) is 13.1. The van der Waals surface area contributed by atoms with E-state index in [-0.39, 0.29) is 24.8 Å². The number of carbonyl (C=O) groups excluding carboxylic acids is 2. The van der Waals surface area contributed by atoms with Crippen molar-refractivity contribution in [1.29, 1.82) is 0 Å². The van der Waals surface area contributed by atoms with Crippen LogP contribution in [0.3, 0.4) is 0 Å². The molecule has 0 aliphatic carbocycles. The summed E-state index contributed by atoms with van der Waals surface area (Å²) in [5.74, 6) is -1.29. The minimum atomic E-state index is -0.959.